The van der Waals surface area contributed by atoms with Crippen molar-refractivity contribution in [1.82, 2.24) is 0 Å². The number of benzene rings is 6. The average molecular weight is 737 g/mol. The Morgan fingerprint density at radius 3 is 1.36 bits per heavy atom. The Kier molecular flexibility index (Phi) is 13.2. The van der Waals surface area contributed by atoms with Crippen LogP contribution in [0.15, 0.2) is 176 Å². The van der Waals surface area contributed by atoms with Crippen molar-refractivity contribution >= 4 is 0 Å². The Morgan fingerprint density at radius 2 is 0.891 bits per heavy atom. The number of methoxy groups -OCH3 is 2. The van der Waals surface area contributed by atoms with Crippen molar-refractivity contribution in [3.8, 4) is 5.75 Å². The van der Waals surface area contributed by atoms with Crippen LogP contribution >= 0.6 is 0 Å². The van der Waals surface area contributed by atoms with Crippen molar-refractivity contribution in [3.05, 3.63) is 209 Å². The van der Waals surface area contributed by atoms with Crippen LogP contribution in [-0.2, 0) is 53.8 Å². The van der Waals surface area contributed by atoms with Crippen molar-refractivity contribution in [1.29, 1.82) is 0 Å². The second-order valence-corrected chi connectivity index (χ2v) is 13.5. The van der Waals surface area contributed by atoms with E-state index in [1.54, 1.807) is 14.2 Å². The topological polar surface area (TPSA) is 64.6 Å². The Morgan fingerprint density at radius 1 is 0.473 bits per heavy atom. The van der Waals surface area contributed by atoms with Crippen LogP contribution in [0.25, 0.3) is 0 Å². The summed E-state index contributed by atoms with van der Waals surface area (Å²) < 4.78 is 46.8. The zero-order valence-corrected chi connectivity index (χ0v) is 31.3. The molecule has 0 aliphatic carbocycles. The molecule has 7 rings (SSSR count). The SMILES string of the molecule is COc1ccccc1C(OC[C@H]1O[C@H](OC)[C@@H](OCc2ccccc2)[C@@H](OCc2ccccc2)[C@@H]1OCc1ccccc1)(c1ccccc1)c1ccccc1. The van der Waals surface area contributed by atoms with Gasteiger partial charge in [-0.3, -0.25) is 0 Å². The predicted molar refractivity (Wildman–Crippen MR) is 212 cm³/mol. The van der Waals surface area contributed by atoms with Crippen LogP contribution in [0.1, 0.15) is 33.4 Å². The molecule has 0 radical (unpaired) electrons. The highest BCUT2D eigenvalue weighted by molar-refractivity contribution is 5.53. The molecule has 282 valence electrons. The first-order valence-corrected chi connectivity index (χ1v) is 18.7. The Bertz CT molecular complexity index is 1950. The van der Waals surface area contributed by atoms with Gasteiger partial charge in [-0.15, -0.1) is 0 Å². The first-order chi connectivity index (χ1) is 27.2. The fourth-order valence-electron chi connectivity index (χ4n) is 7.28. The second kappa shape index (κ2) is 19.0. The van der Waals surface area contributed by atoms with Gasteiger partial charge in [0, 0.05) is 12.7 Å². The maximum Gasteiger partial charge on any atom is 0.186 e. The summed E-state index contributed by atoms with van der Waals surface area (Å²) in [6, 6.07) is 58.7. The van der Waals surface area contributed by atoms with Gasteiger partial charge < -0.3 is 33.2 Å². The minimum Gasteiger partial charge on any atom is -0.496 e. The third kappa shape index (κ3) is 9.06. The molecular weight excluding hydrogens is 689 g/mol. The van der Waals surface area contributed by atoms with Crippen LogP contribution in [0.5, 0.6) is 5.75 Å². The Hall–Kier alpha value is -5.12. The van der Waals surface area contributed by atoms with E-state index >= 15 is 0 Å². The molecule has 7 nitrogen and oxygen atoms in total. The third-order valence-corrected chi connectivity index (χ3v) is 9.99. The molecule has 6 aromatic rings. The van der Waals surface area contributed by atoms with E-state index in [4.69, 9.17) is 33.2 Å². The van der Waals surface area contributed by atoms with Crippen molar-refractivity contribution < 1.29 is 33.2 Å². The second-order valence-electron chi connectivity index (χ2n) is 13.5. The summed E-state index contributed by atoms with van der Waals surface area (Å²) >= 11 is 0. The van der Waals surface area contributed by atoms with Gasteiger partial charge in [0.25, 0.3) is 0 Å². The number of rotatable bonds is 17. The smallest absolute Gasteiger partial charge is 0.186 e. The molecule has 1 fully saturated rings. The van der Waals surface area contributed by atoms with E-state index < -0.39 is 36.3 Å². The highest BCUT2D eigenvalue weighted by atomic mass is 16.7. The minimum absolute atomic E-state index is 0.109. The number of hydrogen-bond acceptors (Lipinski definition) is 7. The molecule has 1 aliphatic heterocycles. The summed E-state index contributed by atoms with van der Waals surface area (Å²) in [6.45, 7) is 1.11. The summed E-state index contributed by atoms with van der Waals surface area (Å²) in [6.07, 6.45) is -3.29. The van der Waals surface area contributed by atoms with Crippen LogP contribution in [-0.4, -0.2) is 51.5 Å². The lowest BCUT2D eigenvalue weighted by Crippen LogP contribution is -2.62. The zero-order valence-electron chi connectivity index (χ0n) is 31.3. The maximum atomic E-state index is 7.38. The molecule has 0 aromatic heterocycles. The molecule has 1 heterocycles. The first kappa shape index (κ1) is 38.2. The fourth-order valence-corrected chi connectivity index (χ4v) is 7.28. The molecule has 55 heavy (non-hydrogen) atoms. The summed E-state index contributed by atoms with van der Waals surface area (Å²) in [5, 5.41) is 0. The van der Waals surface area contributed by atoms with Gasteiger partial charge in [-0.1, -0.05) is 170 Å². The molecule has 5 atom stereocenters. The van der Waals surface area contributed by atoms with Crippen molar-refractivity contribution in [2.45, 2.75) is 56.1 Å². The monoisotopic (exact) mass is 736 g/mol. The van der Waals surface area contributed by atoms with Gasteiger partial charge in [-0.2, -0.15) is 0 Å². The molecule has 0 amide bonds. The number of ether oxygens (including phenoxy) is 7. The molecule has 0 bridgehead atoms. The van der Waals surface area contributed by atoms with Crippen LogP contribution < -0.4 is 4.74 Å². The normalized spacial score (nSPS) is 19.9. The van der Waals surface area contributed by atoms with Gasteiger partial charge in [0.1, 0.15) is 35.8 Å². The van der Waals surface area contributed by atoms with Crippen LogP contribution in [0.2, 0.25) is 0 Å². The Balaban J connectivity index is 1.30. The quantitative estimate of drug-likeness (QED) is 0.0866. The molecular formula is C48H48O7. The number of para-hydroxylation sites is 1. The average Bonchev–Trinajstić information content (AvgIpc) is 3.26. The van der Waals surface area contributed by atoms with E-state index in [0.29, 0.717) is 25.6 Å². The highest BCUT2D eigenvalue weighted by Crippen LogP contribution is 2.45. The van der Waals surface area contributed by atoms with Crippen molar-refractivity contribution in [2.75, 3.05) is 20.8 Å². The van der Waals surface area contributed by atoms with Crippen molar-refractivity contribution in [2.24, 2.45) is 0 Å². The van der Waals surface area contributed by atoms with Gasteiger partial charge in [-0.05, 0) is 33.9 Å². The van der Waals surface area contributed by atoms with Crippen molar-refractivity contribution in [3.63, 3.8) is 0 Å². The summed E-state index contributed by atoms with van der Waals surface area (Å²) in [4.78, 5) is 0. The Labute approximate surface area is 324 Å². The summed E-state index contributed by atoms with van der Waals surface area (Å²) in [7, 11) is 3.32. The van der Waals surface area contributed by atoms with Gasteiger partial charge in [0.15, 0.2) is 6.29 Å². The molecule has 0 saturated carbocycles. The van der Waals surface area contributed by atoms with E-state index in [-0.39, 0.29) is 6.61 Å². The summed E-state index contributed by atoms with van der Waals surface area (Å²) in [5.74, 6) is 0.699. The first-order valence-electron chi connectivity index (χ1n) is 18.7. The zero-order chi connectivity index (χ0) is 37.7. The van der Waals surface area contributed by atoms with E-state index in [9.17, 15) is 0 Å². The molecule has 6 aromatic carbocycles. The van der Waals surface area contributed by atoms with Gasteiger partial charge in [0.2, 0.25) is 0 Å². The lowest BCUT2D eigenvalue weighted by molar-refractivity contribution is -0.325. The van der Waals surface area contributed by atoms with Gasteiger partial charge in [-0.25, -0.2) is 0 Å². The van der Waals surface area contributed by atoms with E-state index in [1.807, 2.05) is 133 Å². The fraction of sp³-hybridized carbons (Fsp3) is 0.250. The van der Waals surface area contributed by atoms with E-state index in [2.05, 4.69) is 42.5 Å². The maximum absolute atomic E-state index is 7.38. The van der Waals surface area contributed by atoms with E-state index in [0.717, 1.165) is 33.4 Å². The molecule has 0 N–H and O–H groups in total. The van der Waals surface area contributed by atoms with Crippen LogP contribution in [0.3, 0.4) is 0 Å². The lowest BCUT2D eigenvalue weighted by Gasteiger charge is -2.46. The van der Waals surface area contributed by atoms with Crippen LogP contribution in [0.4, 0.5) is 0 Å². The highest BCUT2D eigenvalue weighted by Gasteiger charge is 2.50. The standard InChI is InChI=1S/C48H48O7/c1-49-42-31-19-18-30-41(42)48(39-26-14-6-15-27-39,40-28-16-7-17-29-40)54-35-43-44(51-32-36-20-8-3-9-21-36)45(52-33-37-22-10-4-11-23-37)46(47(50-2)55-43)53-34-38-24-12-5-13-25-38/h3-31,43-47H,32-35H2,1-2H3/t43-,44-,45+,46+,47+/m1/s1. The van der Waals surface area contributed by atoms with Gasteiger partial charge in [0.05, 0.1) is 33.5 Å². The molecule has 1 saturated heterocycles. The third-order valence-electron chi connectivity index (χ3n) is 9.99. The molecule has 1 aliphatic rings. The summed E-state index contributed by atoms with van der Waals surface area (Å²) in [5.41, 5.74) is 4.72. The molecule has 7 heteroatoms. The lowest BCUT2D eigenvalue weighted by atomic mass is 9.79. The largest absolute Gasteiger partial charge is 0.496 e. The molecule has 0 spiro atoms. The van der Waals surface area contributed by atoms with Gasteiger partial charge >= 0.3 is 0 Å². The van der Waals surface area contributed by atoms with Crippen LogP contribution in [0, 0.1) is 0 Å². The molecule has 0 unspecified atom stereocenters. The minimum atomic E-state index is -1.09. The van der Waals surface area contributed by atoms with E-state index in [1.165, 1.54) is 0 Å². The number of hydrogen-bond donors (Lipinski definition) is 0. The predicted octanol–water partition coefficient (Wildman–Crippen LogP) is 9.13.